The van der Waals surface area contributed by atoms with Gasteiger partial charge in [-0.1, -0.05) is 42.5 Å². The first-order valence-electron chi connectivity index (χ1n) is 15.2. The number of aliphatic carboxylic acids is 1. The molecule has 1 atom stereocenters. The van der Waals surface area contributed by atoms with Crippen LogP contribution in [0.5, 0.6) is 0 Å². The number of rotatable bonds is 7. The molecule has 8 heteroatoms. The third-order valence-electron chi connectivity index (χ3n) is 9.26. The summed E-state index contributed by atoms with van der Waals surface area (Å²) in [6, 6.07) is 26.9. The summed E-state index contributed by atoms with van der Waals surface area (Å²) in [5.41, 5.74) is 12.9. The van der Waals surface area contributed by atoms with E-state index in [1.807, 2.05) is 42.5 Å². The van der Waals surface area contributed by atoms with Crippen molar-refractivity contribution in [2.45, 2.75) is 38.0 Å². The molecule has 1 saturated carbocycles. The van der Waals surface area contributed by atoms with Gasteiger partial charge in [-0.2, -0.15) is 0 Å². The van der Waals surface area contributed by atoms with Crippen molar-refractivity contribution >= 4 is 23.0 Å². The van der Waals surface area contributed by atoms with Crippen molar-refractivity contribution in [3.63, 3.8) is 0 Å². The first kappa shape index (κ1) is 27.3. The number of carboxylic acids is 1. The minimum Gasteiger partial charge on any atom is -0.481 e. The molecule has 2 aliphatic rings. The van der Waals surface area contributed by atoms with Crippen LogP contribution in [0.15, 0.2) is 85.1 Å². The second-order valence-corrected chi connectivity index (χ2v) is 12.0. The zero-order valence-electron chi connectivity index (χ0n) is 24.1. The molecular weight excluding hydrogens is 536 g/mol. The maximum Gasteiger partial charge on any atom is 0.306 e. The number of aromatic nitrogens is 4. The van der Waals surface area contributed by atoms with Gasteiger partial charge in [0.1, 0.15) is 11.3 Å². The minimum atomic E-state index is -0.629. The molecule has 8 nitrogen and oxygen atoms in total. The molecule has 7 rings (SSSR count). The lowest BCUT2D eigenvalue weighted by Crippen LogP contribution is -2.31. The minimum absolute atomic E-state index is 0.149. The number of carbonyl (C=O) groups is 1. The summed E-state index contributed by atoms with van der Waals surface area (Å²) in [5.74, 6) is 1.47. The number of hydrogen-bond acceptors (Lipinski definition) is 6. The van der Waals surface area contributed by atoms with Crippen molar-refractivity contribution in [2.75, 3.05) is 25.4 Å². The Balaban J connectivity index is 1.16. The van der Waals surface area contributed by atoms with Crippen molar-refractivity contribution in [3.8, 4) is 28.3 Å². The topological polar surface area (TPSA) is 110 Å². The second-order valence-electron chi connectivity index (χ2n) is 12.0. The summed E-state index contributed by atoms with van der Waals surface area (Å²) >= 11 is 0. The van der Waals surface area contributed by atoms with E-state index in [4.69, 9.17) is 15.7 Å². The number of benzene rings is 2. The summed E-state index contributed by atoms with van der Waals surface area (Å²) in [6.45, 7) is 3.22. The summed E-state index contributed by atoms with van der Waals surface area (Å²) in [5, 5.41) is 9.32. The van der Waals surface area contributed by atoms with E-state index in [0.29, 0.717) is 17.7 Å². The van der Waals surface area contributed by atoms with Gasteiger partial charge in [-0.05, 0) is 92.4 Å². The second kappa shape index (κ2) is 11.6. The van der Waals surface area contributed by atoms with Crippen molar-refractivity contribution in [1.29, 1.82) is 0 Å². The van der Waals surface area contributed by atoms with Gasteiger partial charge in [0.05, 0.1) is 17.2 Å². The highest BCUT2D eigenvalue weighted by molar-refractivity contribution is 5.84. The Morgan fingerprint density at radius 1 is 0.884 bits per heavy atom. The summed E-state index contributed by atoms with van der Waals surface area (Å²) in [6.07, 6.45) is 6.51. The average molecular weight is 573 g/mol. The molecule has 4 heterocycles. The van der Waals surface area contributed by atoms with E-state index in [0.717, 1.165) is 91.2 Å². The van der Waals surface area contributed by atoms with Gasteiger partial charge in [-0.15, -0.1) is 0 Å². The third kappa shape index (κ3) is 5.50. The molecule has 43 heavy (non-hydrogen) atoms. The molecule has 3 N–H and O–H groups in total. The van der Waals surface area contributed by atoms with E-state index >= 15 is 0 Å². The molecule has 0 amide bonds. The molecule has 0 bridgehead atoms. The number of carboxylic acid groups (broad SMARTS) is 1. The molecule has 3 aromatic heterocycles. The Morgan fingerprint density at radius 2 is 1.67 bits per heavy atom. The molecule has 2 fully saturated rings. The molecule has 2 aromatic carbocycles. The fourth-order valence-corrected chi connectivity index (χ4v) is 6.88. The van der Waals surface area contributed by atoms with E-state index < -0.39 is 5.97 Å². The molecule has 5 aromatic rings. The number of fused-ring (bicyclic) bond motifs is 1. The monoisotopic (exact) mass is 572 g/mol. The van der Waals surface area contributed by atoms with Gasteiger partial charge in [0.2, 0.25) is 0 Å². The van der Waals surface area contributed by atoms with Crippen LogP contribution in [0.4, 0.5) is 5.82 Å². The molecule has 0 unspecified atom stereocenters. The zero-order chi connectivity index (χ0) is 29.3. The van der Waals surface area contributed by atoms with E-state index in [-0.39, 0.29) is 5.92 Å². The number of anilines is 1. The number of nitrogens with zero attached hydrogens (tertiary/aromatic N) is 5. The predicted molar refractivity (Wildman–Crippen MR) is 169 cm³/mol. The van der Waals surface area contributed by atoms with Crippen LogP contribution < -0.4 is 5.73 Å². The quantitative estimate of drug-likeness (QED) is 0.232. The lowest BCUT2D eigenvalue weighted by molar-refractivity contribution is -0.143. The standard InChI is InChI=1S/C35H36N6O2/c36-32-29(7-4-19-37-32)33-39-31-17-16-30(25-5-2-1-3-6-25)38-34(31)41(33)28-14-12-24(13-15-28)27-18-20-40(22-27)21-23-8-10-26(11-9-23)35(42)43/h1-7,12-17,19,23,26-27H,8-11,18,20-22H2,(H2,36,37)(H,42,43)/t23-,26-,27-/m1/s1. The maximum absolute atomic E-state index is 11.3. The van der Waals surface area contributed by atoms with Gasteiger partial charge >= 0.3 is 5.97 Å². The number of nitrogens with two attached hydrogens (primary N) is 1. The Labute approximate surface area is 251 Å². The highest BCUT2D eigenvalue weighted by atomic mass is 16.4. The van der Waals surface area contributed by atoms with Crippen molar-refractivity contribution < 1.29 is 9.90 Å². The molecule has 1 aliphatic heterocycles. The maximum atomic E-state index is 11.3. The fraction of sp³-hybridized carbons (Fsp3) is 0.314. The van der Waals surface area contributed by atoms with Gasteiger partial charge in [0.15, 0.2) is 11.5 Å². The largest absolute Gasteiger partial charge is 0.481 e. The SMILES string of the molecule is Nc1ncccc1-c1nc2ccc(-c3ccccc3)nc2n1-c1ccc([C@@H]2CCN(C[C@H]3CC[C@H](C(=O)O)CC3)C2)cc1. The summed E-state index contributed by atoms with van der Waals surface area (Å²) < 4.78 is 2.09. The van der Waals surface area contributed by atoms with Crippen LogP contribution in [0.25, 0.3) is 39.5 Å². The lowest BCUT2D eigenvalue weighted by atomic mass is 9.82. The lowest BCUT2D eigenvalue weighted by Gasteiger charge is -2.29. The van der Waals surface area contributed by atoms with Gasteiger partial charge in [0, 0.05) is 30.5 Å². The molecule has 0 spiro atoms. The molecular formula is C35H36N6O2. The summed E-state index contributed by atoms with van der Waals surface area (Å²) in [4.78, 5) is 28.3. The smallest absolute Gasteiger partial charge is 0.306 e. The highest BCUT2D eigenvalue weighted by Crippen LogP contribution is 2.35. The van der Waals surface area contributed by atoms with Crippen LogP contribution in [0.2, 0.25) is 0 Å². The average Bonchev–Trinajstić information content (AvgIpc) is 3.66. The van der Waals surface area contributed by atoms with E-state index in [2.05, 4.69) is 50.8 Å². The number of pyridine rings is 2. The van der Waals surface area contributed by atoms with E-state index in [9.17, 15) is 9.90 Å². The number of nitrogen functional groups attached to an aromatic ring is 1. The zero-order valence-corrected chi connectivity index (χ0v) is 24.1. The van der Waals surface area contributed by atoms with Crippen LogP contribution in [0.1, 0.15) is 43.6 Å². The molecule has 1 aliphatic carbocycles. The number of hydrogen-bond donors (Lipinski definition) is 2. The van der Waals surface area contributed by atoms with Gasteiger partial charge in [-0.25, -0.2) is 15.0 Å². The van der Waals surface area contributed by atoms with Gasteiger partial charge in [0.25, 0.3) is 0 Å². The fourth-order valence-electron chi connectivity index (χ4n) is 6.88. The first-order chi connectivity index (χ1) is 21.0. The normalized spacial score (nSPS) is 20.9. The predicted octanol–water partition coefficient (Wildman–Crippen LogP) is 6.41. The van der Waals surface area contributed by atoms with Crippen molar-refractivity contribution in [3.05, 3.63) is 90.6 Å². The van der Waals surface area contributed by atoms with Crippen LogP contribution in [-0.2, 0) is 4.79 Å². The molecule has 1 saturated heterocycles. The highest BCUT2D eigenvalue weighted by Gasteiger charge is 2.30. The first-order valence-corrected chi connectivity index (χ1v) is 15.2. The van der Waals surface area contributed by atoms with Gasteiger partial charge in [-0.3, -0.25) is 9.36 Å². The molecule has 218 valence electrons. The van der Waals surface area contributed by atoms with Crippen molar-refractivity contribution in [2.24, 2.45) is 11.8 Å². The van der Waals surface area contributed by atoms with Crippen LogP contribution in [0, 0.1) is 11.8 Å². The van der Waals surface area contributed by atoms with E-state index in [1.165, 1.54) is 5.56 Å². The number of imidazole rings is 1. The summed E-state index contributed by atoms with van der Waals surface area (Å²) in [7, 11) is 0. The Kier molecular flexibility index (Phi) is 7.37. The van der Waals surface area contributed by atoms with Crippen LogP contribution in [-0.4, -0.2) is 55.1 Å². The Bertz CT molecular complexity index is 1740. The van der Waals surface area contributed by atoms with Crippen LogP contribution >= 0.6 is 0 Å². The Morgan fingerprint density at radius 3 is 2.42 bits per heavy atom. The Hall–Kier alpha value is -4.56. The third-order valence-corrected chi connectivity index (χ3v) is 9.26. The van der Waals surface area contributed by atoms with Crippen molar-refractivity contribution in [1.82, 2.24) is 24.4 Å². The van der Waals surface area contributed by atoms with Crippen LogP contribution in [0.3, 0.4) is 0 Å². The van der Waals surface area contributed by atoms with Gasteiger partial charge < -0.3 is 15.7 Å². The molecule has 0 radical (unpaired) electrons. The number of likely N-dealkylation sites (tertiary alicyclic amines) is 1. The van der Waals surface area contributed by atoms with E-state index in [1.54, 1.807) is 6.20 Å².